The maximum absolute atomic E-state index is 3.74. The topological polar surface area (TPSA) is 12.0 Å². The summed E-state index contributed by atoms with van der Waals surface area (Å²) >= 11 is 1.82. The standard InChI is InChI=1S/C15H23NS/c1-11-8-12(2)10-13(9-11)16-14-6-4-5-7-15(14)17-3/h4-7,11-13,16H,8-10H2,1-3H3. The average Bonchev–Trinajstić information content (AvgIpc) is 2.28. The summed E-state index contributed by atoms with van der Waals surface area (Å²) in [5, 5.41) is 3.74. The maximum Gasteiger partial charge on any atom is 0.0480 e. The number of rotatable bonds is 3. The van der Waals surface area contributed by atoms with Gasteiger partial charge in [-0.2, -0.15) is 0 Å². The lowest BCUT2D eigenvalue weighted by Crippen LogP contribution is -2.30. The van der Waals surface area contributed by atoms with E-state index in [-0.39, 0.29) is 0 Å². The van der Waals surface area contributed by atoms with Crippen molar-refractivity contribution in [2.24, 2.45) is 11.8 Å². The fourth-order valence-corrected chi connectivity index (χ4v) is 3.61. The van der Waals surface area contributed by atoms with Crippen LogP contribution in [0.3, 0.4) is 0 Å². The maximum atomic E-state index is 3.74. The van der Waals surface area contributed by atoms with Gasteiger partial charge in [0.25, 0.3) is 0 Å². The summed E-state index contributed by atoms with van der Waals surface area (Å²) in [6.45, 7) is 4.76. The van der Waals surface area contributed by atoms with Crippen molar-refractivity contribution in [3.63, 3.8) is 0 Å². The van der Waals surface area contributed by atoms with Gasteiger partial charge < -0.3 is 5.32 Å². The Morgan fingerprint density at radius 2 is 1.71 bits per heavy atom. The summed E-state index contributed by atoms with van der Waals surface area (Å²) in [5.74, 6) is 1.72. The number of thioether (sulfide) groups is 1. The van der Waals surface area contributed by atoms with E-state index in [1.54, 1.807) is 0 Å². The fraction of sp³-hybridized carbons (Fsp3) is 0.600. The van der Waals surface area contributed by atoms with Crippen molar-refractivity contribution in [1.82, 2.24) is 0 Å². The van der Waals surface area contributed by atoms with Gasteiger partial charge in [0, 0.05) is 16.6 Å². The van der Waals surface area contributed by atoms with Gasteiger partial charge in [-0.05, 0) is 49.5 Å². The third-order valence-electron chi connectivity index (χ3n) is 3.65. The lowest BCUT2D eigenvalue weighted by atomic mass is 9.80. The highest BCUT2D eigenvalue weighted by molar-refractivity contribution is 7.98. The first-order valence-corrected chi connectivity index (χ1v) is 7.81. The van der Waals surface area contributed by atoms with Crippen molar-refractivity contribution in [1.29, 1.82) is 0 Å². The molecule has 1 saturated carbocycles. The first kappa shape index (κ1) is 12.8. The minimum atomic E-state index is 0.655. The summed E-state index contributed by atoms with van der Waals surface area (Å²) in [6, 6.07) is 9.29. The van der Waals surface area contributed by atoms with E-state index in [9.17, 15) is 0 Å². The second-order valence-electron chi connectivity index (χ2n) is 5.46. The van der Waals surface area contributed by atoms with Crippen molar-refractivity contribution in [2.45, 2.75) is 44.0 Å². The monoisotopic (exact) mass is 249 g/mol. The van der Waals surface area contributed by atoms with Crippen molar-refractivity contribution in [2.75, 3.05) is 11.6 Å². The van der Waals surface area contributed by atoms with Crippen LogP contribution in [0.4, 0.5) is 5.69 Å². The second-order valence-corrected chi connectivity index (χ2v) is 6.31. The molecule has 0 aliphatic heterocycles. The number of hydrogen-bond donors (Lipinski definition) is 1. The van der Waals surface area contributed by atoms with Crippen molar-refractivity contribution >= 4 is 17.4 Å². The number of para-hydroxylation sites is 1. The van der Waals surface area contributed by atoms with Crippen LogP contribution >= 0.6 is 11.8 Å². The van der Waals surface area contributed by atoms with E-state index < -0.39 is 0 Å². The summed E-state index contributed by atoms with van der Waals surface area (Å²) in [6.07, 6.45) is 6.16. The molecule has 1 fully saturated rings. The van der Waals surface area contributed by atoms with Gasteiger partial charge in [0.05, 0.1) is 0 Å². The van der Waals surface area contributed by atoms with Gasteiger partial charge in [0.1, 0.15) is 0 Å². The van der Waals surface area contributed by atoms with Gasteiger partial charge >= 0.3 is 0 Å². The Balaban J connectivity index is 2.04. The molecule has 2 rings (SSSR count). The number of anilines is 1. The number of nitrogens with one attached hydrogen (secondary N) is 1. The molecule has 2 heteroatoms. The second kappa shape index (κ2) is 5.81. The van der Waals surface area contributed by atoms with Gasteiger partial charge in [0.2, 0.25) is 0 Å². The molecule has 94 valence electrons. The van der Waals surface area contributed by atoms with E-state index in [0.29, 0.717) is 6.04 Å². The first-order chi connectivity index (χ1) is 8.19. The summed E-state index contributed by atoms with van der Waals surface area (Å²) in [7, 11) is 0. The summed E-state index contributed by atoms with van der Waals surface area (Å²) in [4.78, 5) is 1.36. The van der Waals surface area contributed by atoms with Crippen LogP contribution < -0.4 is 5.32 Å². The van der Waals surface area contributed by atoms with E-state index in [0.717, 1.165) is 11.8 Å². The van der Waals surface area contributed by atoms with Crippen LogP contribution in [-0.2, 0) is 0 Å². The van der Waals surface area contributed by atoms with Crippen molar-refractivity contribution in [3.05, 3.63) is 24.3 Å². The Labute approximate surface area is 109 Å². The molecule has 0 spiro atoms. The van der Waals surface area contributed by atoms with Gasteiger partial charge in [-0.15, -0.1) is 11.8 Å². The molecule has 0 radical (unpaired) electrons. The minimum Gasteiger partial charge on any atom is -0.381 e. The molecule has 1 aliphatic rings. The van der Waals surface area contributed by atoms with E-state index in [1.807, 2.05) is 11.8 Å². The quantitative estimate of drug-likeness (QED) is 0.783. The van der Waals surface area contributed by atoms with Crippen LogP contribution in [0.2, 0.25) is 0 Å². The number of hydrogen-bond acceptors (Lipinski definition) is 2. The zero-order chi connectivity index (χ0) is 12.3. The molecular weight excluding hydrogens is 226 g/mol. The molecule has 1 aliphatic carbocycles. The molecule has 17 heavy (non-hydrogen) atoms. The highest BCUT2D eigenvalue weighted by Gasteiger charge is 2.23. The minimum absolute atomic E-state index is 0.655. The molecule has 0 amide bonds. The highest BCUT2D eigenvalue weighted by atomic mass is 32.2. The molecule has 0 aromatic heterocycles. The van der Waals surface area contributed by atoms with Crippen LogP contribution in [0.25, 0.3) is 0 Å². The first-order valence-electron chi connectivity index (χ1n) is 6.58. The Hall–Kier alpha value is -0.630. The Morgan fingerprint density at radius 1 is 1.06 bits per heavy atom. The molecule has 1 nitrogen and oxygen atoms in total. The van der Waals surface area contributed by atoms with Crippen molar-refractivity contribution in [3.8, 4) is 0 Å². The zero-order valence-corrected chi connectivity index (χ0v) is 11.9. The van der Waals surface area contributed by atoms with E-state index in [4.69, 9.17) is 0 Å². The zero-order valence-electron chi connectivity index (χ0n) is 11.1. The molecule has 1 aromatic carbocycles. The summed E-state index contributed by atoms with van der Waals surface area (Å²) in [5.41, 5.74) is 1.31. The Kier molecular flexibility index (Phi) is 4.38. The molecule has 0 bridgehead atoms. The van der Waals surface area contributed by atoms with E-state index >= 15 is 0 Å². The molecule has 2 atom stereocenters. The van der Waals surface area contributed by atoms with Gasteiger partial charge in [0.15, 0.2) is 0 Å². The highest BCUT2D eigenvalue weighted by Crippen LogP contribution is 2.32. The average molecular weight is 249 g/mol. The SMILES string of the molecule is CSc1ccccc1NC1CC(C)CC(C)C1. The van der Waals surface area contributed by atoms with Gasteiger partial charge in [-0.25, -0.2) is 0 Å². The lowest BCUT2D eigenvalue weighted by Gasteiger charge is -2.33. The predicted octanol–water partition coefficient (Wildman–Crippen LogP) is 4.65. The molecule has 0 saturated heterocycles. The van der Waals surface area contributed by atoms with Crippen LogP contribution in [0.1, 0.15) is 33.1 Å². The molecule has 2 unspecified atom stereocenters. The van der Waals surface area contributed by atoms with E-state index in [1.165, 1.54) is 29.8 Å². The normalized spacial score (nSPS) is 29.0. The van der Waals surface area contributed by atoms with Gasteiger partial charge in [-0.3, -0.25) is 0 Å². The fourth-order valence-electron chi connectivity index (χ4n) is 3.05. The van der Waals surface area contributed by atoms with Gasteiger partial charge in [-0.1, -0.05) is 26.0 Å². The van der Waals surface area contributed by atoms with Crippen LogP contribution in [0.5, 0.6) is 0 Å². The third-order valence-corrected chi connectivity index (χ3v) is 4.44. The predicted molar refractivity (Wildman–Crippen MR) is 77.8 cm³/mol. The van der Waals surface area contributed by atoms with Crippen LogP contribution in [-0.4, -0.2) is 12.3 Å². The third kappa shape index (κ3) is 3.41. The number of benzene rings is 1. The lowest BCUT2D eigenvalue weighted by molar-refractivity contribution is 0.280. The van der Waals surface area contributed by atoms with Crippen molar-refractivity contribution < 1.29 is 0 Å². The molecule has 0 heterocycles. The smallest absolute Gasteiger partial charge is 0.0480 e. The summed E-state index contributed by atoms with van der Waals surface area (Å²) < 4.78 is 0. The van der Waals surface area contributed by atoms with Crippen LogP contribution in [0, 0.1) is 11.8 Å². The largest absolute Gasteiger partial charge is 0.381 e. The Morgan fingerprint density at radius 3 is 2.35 bits per heavy atom. The van der Waals surface area contributed by atoms with Crippen LogP contribution in [0.15, 0.2) is 29.2 Å². The molecule has 1 N–H and O–H groups in total. The molecular formula is C15H23NS. The van der Waals surface area contributed by atoms with E-state index in [2.05, 4.69) is 49.7 Å². The molecule has 1 aromatic rings. The Bertz CT molecular complexity index is 354.